The van der Waals surface area contributed by atoms with E-state index in [1.54, 1.807) is 0 Å². The number of carboxylic acid groups (broad SMARTS) is 1. The van der Waals surface area contributed by atoms with Gasteiger partial charge in [-0.25, -0.2) is 0 Å². The van der Waals surface area contributed by atoms with Gasteiger partial charge in [0.1, 0.15) is 6.04 Å². The first-order chi connectivity index (χ1) is 9.12. The quantitative estimate of drug-likeness (QED) is 0.801. The van der Waals surface area contributed by atoms with E-state index in [4.69, 9.17) is 5.11 Å². The SMILES string of the molecule is CC(CC(=O)N1CCNC(=O)C1CC(=O)O)C(C)(C)C. The van der Waals surface area contributed by atoms with E-state index in [1.807, 2.05) is 6.92 Å². The van der Waals surface area contributed by atoms with Crippen LogP contribution in [0.2, 0.25) is 0 Å². The lowest BCUT2D eigenvalue weighted by atomic mass is 9.80. The highest BCUT2D eigenvalue weighted by atomic mass is 16.4. The largest absolute Gasteiger partial charge is 0.481 e. The van der Waals surface area contributed by atoms with Gasteiger partial charge in [0.15, 0.2) is 0 Å². The lowest BCUT2D eigenvalue weighted by Gasteiger charge is -2.36. The molecule has 1 aliphatic rings. The summed E-state index contributed by atoms with van der Waals surface area (Å²) in [6.07, 6.45) is -0.0195. The van der Waals surface area contributed by atoms with E-state index < -0.39 is 12.0 Å². The summed E-state index contributed by atoms with van der Waals surface area (Å²) < 4.78 is 0. The van der Waals surface area contributed by atoms with E-state index in [-0.39, 0.29) is 29.6 Å². The van der Waals surface area contributed by atoms with Gasteiger partial charge in [-0.2, -0.15) is 0 Å². The lowest BCUT2D eigenvalue weighted by Crippen LogP contribution is -2.58. The van der Waals surface area contributed by atoms with Gasteiger partial charge in [-0.3, -0.25) is 14.4 Å². The van der Waals surface area contributed by atoms with Crippen molar-refractivity contribution < 1.29 is 19.5 Å². The summed E-state index contributed by atoms with van der Waals surface area (Å²) in [5.74, 6) is -1.44. The zero-order valence-corrected chi connectivity index (χ0v) is 12.6. The van der Waals surface area contributed by atoms with Gasteiger partial charge in [-0.05, 0) is 11.3 Å². The Balaban J connectivity index is 2.77. The minimum Gasteiger partial charge on any atom is -0.481 e. The molecule has 0 aromatic rings. The van der Waals surface area contributed by atoms with Gasteiger partial charge in [0, 0.05) is 19.5 Å². The molecule has 0 spiro atoms. The Labute approximate surface area is 119 Å². The molecule has 6 heteroatoms. The highest BCUT2D eigenvalue weighted by molar-refractivity contribution is 5.91. The molecular weight excluding hydrogens is 260 g/mol. The summed E-state index contributed by atoms with van der Waals surface area (Å²) in [5, 5.41) is 11.5. The molecule has 1 aliphatic heterocycles. The molecule has 0 aliphatic carbocycles. The normalized spacial score (nSPS) is 21.3. The maximum absolute atomic E-state index is 12.3. The van der Waals surface area contributed by atoms with E-state index >= 15 is 0 Å². The molecule has 2 N–H and O–H groups in total. The van der Waals surface area contributed by atoms with Gasteiger partial charge in [0.25, 0.3) is 0 Å². The minimum absolute atomic E-state index is 0.00397. The second-order valence-corrected chi connectivity index (χ2v) is 6.46. The summed E-state index contributed by atoms with van der Waals surface area (Å²) in [7, 11) is 0. The zero-order valence-electron chi connectivity index (χ0n) is 12.6. The van der Waals surface area contributed by atoms with Gasteiger partial charge in [-0.15, -0.1) is 0 Å². The van der Waals surface area contributed by atoms with Crippen LogP contribution in [0.3, 0.4) is 0 Å². The smallest absolute Gasteiger partial charge is 0.305 e. The van der Waals surface area contributed by atoms with E-state index in [9.17, 15) is 14.4 Å². The molecule has 0 radical (unpaired) electrons. The number of nitrogens with one attached hydrogen (secondary N) is 1. The average Bonchev–Trinajstić information content (AvgIpc) is 2.29. The van der Waals surface area contributed by atoms with Crippen LogP contribution in [0.25, 0.3) is 0 Å². The fourth-order valence-corrected chi connectivity index (χ4v) is 2.07. The average molecular weight is 284 g/mol. The fraction of sp³-hybridized carbons (Fsp3) is 0.786. The van der Waals surface area contributed by atoms with Crippen molar-refractivity contribution in [3.05, 3.63) is 0 Å². The van der Waals surface area contributed by atoms with Crippen molar-refractivity contribution in [2.45, 2.75) is 46.6 Å². The van der Waals surface area contributed by atoms with E-state index in [0.29, 0.717) is 19.5 Å². The summed E-state index contributed by atoms with van der Waals surface area (Å²) in [5.41, 5.74) is -0.00397. The molecule has 1 fully saturated rings. The molecule has 0 saturated carbocycles. The molecule has 114 valence electrons. The number of rotatable bonds is 4. The maximum atomic E-state index is 12.3. The van der Waals surface area contributed by atoms with Crippen molar-refractivity contribution in [1.29, 1.82) is 0 Å². The van der Waals surface area contributed by atoms with E-state index in [2.05, 4.69) is 26.1 Å². The maximum Gasteiger partial charge on any atom is 0.305 e. The number of carboxylic acids is 1. The standard InChI is InChI=1S/C14H24N2O4/c1-9(14(2,3)4)7-11(17)16-6-5-15-13(20)10(16)8-12(18)19/h9-10H,5-8H2,1-4H3,(H,15,20)(H,18,19). The third-order valence-electron chi connectivity index (χ3n) is 3.98. The van der Waals surface area contributed by atoms with Crippen molar-refractivity contribution in [1.82, 2.24) is 10.2 Å². The number of carbonyl (C=O) groups excluding carboxylic acids is 2. The minimum atomic E-state index is -1.08. The third kappa shape index (κ3) is 4.21. The van der Waals surface area contributed by atoms with Crippen molar-refractivity contribution in [2.75, 3.05) is 13.1 Å². The lowest BCUT2D eigenvalue weighted by molar-refractivity contribution is -0.149. The summed E-state index contributed by atoms with van der Waals surface area (Å²) >= 11 is 0. The van der Waals surface area contributed by atoms with Crippen LogP contribution >= 0.6 is 0 Å². The van der Waals surface area contributed by atoms with Gasteiger partial charge < -0.3 is 15.3 Å². The molecule has 1 rings (SSSR count). The van der Waals surface area contributed by atoms with E-state index in [1.165, 1.54) is 4.90 Å². The molecule has 2 unspecified atom stereocenters. The van der Waals surface area contributed by atoms with Crippen LogP contribution in [0.4, 0.5) is 0 Å². The monoisotopic (exact) mass is 284 g/mol. The van der Waals surface area contributed by atoms with Gasteiger partial charge >= 0.3 is 5.97 Å². The van der Waals surface area contributed by atoms with E-state index in [0.717, 1.165) is 0 Å². The number of hydrogen-bond acceptors (Lipinski definition) is 3. The molecule has 0 aromatic heterocycles. The van der Waals surface area contributed by atoms with Gasteiger partial charge in [0.05, 0.1) is 6.42 Å². The second-order valence-electron chi connectivity index (χ2n) is 6.46. The number of piperazine rings is 1. The highest BCUT2D eigenvalue weighted by Gasteiger charge is 2.35. The van der Waals surface area contributed by atoms with Crippen molar-refractivity contribution in [3.8, 4) is 0 Å². The zero-order chi connectivity index (χ0) is 15.5. The molecule has 0 bridgehead atoms. The number of carbonyl (C=O) groups is 3. The Hall–Kier alpha value is -1.59. The molecular formula is C14H24N2O4. The Bertz CT molecular complexity index is 400. The van der Waals surface area contributed by atoms with Crippen LogP contribution < -0.4 is 5.32 Å². The molecule has 6 nitrogen and oxygen atoms in total. The molecule has 20 heavy (non-hydrogen) atoms. The molecule has 1 saturated heterocycles. The van der Waals surface area contributed by atoms with Crippen LogP contribution in [0, 0.1) is 11.3 Å². The molecule has 2 amide bonds. The number of hydrogen-bond donors (Lipinski definition) is 2. The van der Waals surface area contributed by atoms with Crippen molar-refractivity contribution in [2.24, 2.45) is 11.3 Å². The van der Waals surface area contributed by atoms with Crippen molar-refractivity contribution >= 4 is 17.8 Å². The predicted molar refractivity (Wildman–Crippen MR) is 74.0 cm³/mol. The van der Waals surface area contributed by atoms with Crippen molar-refractivity contribution in [3.63, 3.8) is 0 Å². The Kier molecular flexibility index (Phi) is 5.14. The van der Waals surface area contributed by atoms with Crippen LogP contribution in [0.5, 0.6) is 0 Å². The van der Waals surface area contributed by atoms with Gasteiger partial charge in [0.2, 0.25) is 11.8 Å². The van der Waals surface area contributed by atoms with Crippen LogP contribution in [-0.4, -0.2) is 46.9 Å². The Morgan fingerprint density at radius 2 is 2.05 bits per heavy atom. The molecule has 0 aromatic carbocycles. The highest BCUT2D eigenvalue weighted by Crippen LogP contribution is 2.29. The van der Waals surface area contributed by atoms with Gasteiger partial charge in [-0.1, -0.05) is 27.7 Å². The first kappa shape index (κ1) is 16.5. The number of amides is 2. The van der Waals surface area contributed by atoms with Crippen LogP contribution in [0.15, 0.2) is 0 Å². The number of nitrogens with zero attached hydrogens (tertiary/aromatic N) is 1. The first-order valence-corrected chi connectivity index (χ1v) is 6.92. The van der Waals surface area contributed by atoms with Crippen LogP contribution in [0.1, 0.15) is 40.5 Å². The molecule has 2 atom stereocenters. The topological polar surface area (TPSA) is 86.7 Å². The molecule has 1 heterocycles. The fourth-order valence-electron chi connectivity index (χ4n) is 2.07. The Morgan fingerprint density at radius 1 is 1.45 bits per heavy atom. The van der Waals surface area contributed by atoms with Crippen LogP contribution in [-0.2, 0) is 14.4 Å². The summed E-state index contributed by atoms with van der Waals surface area (Å²) in [4.78, 5) is 36.4. The number of aliphatic carboxylic acids is 1. The first-order valence-electron chi connectivity index (χ1n) is 6.92. The summed E-state index contributed by atoms with van der Waals surface area (Å²) in [6, 6.07) is -0.888. The third-order valence-corrected chi connectivity index (χ3v) is 3.98. The second kappa shape index (κ2) is 6.24. The predicted octanol–water partition coefficient (Wildman–Crippen LogP) is 0.860. The summed E-state index contributed by atoms with van der Waals surface area (Å²) in [6.45, 7) is 8.92. The Morgan fingerprint density at radius 3 is 2.55 bits per heavy atom.